The summed E-state index contributed by atoms with van der Waals surface area (Å²) >= 11 is 0. The number of pyridine rings is 1. The van der Waals surface area contributed by atoms with Gasteiger partial charge in [-0.05, 0) is 72.6 Å². The first-order valence-electron chi connectivity index (χ1n) is 14.3. The molecule has 5 rings (SSSR count). The number of methoxy groups -OCH3 is 4. The van der Waals surface area contributed by atoms with Crippen molar-refractivity contribution in [2.75, 3.05) is 47.3 Å². The molecule has 0 saturated carbocycles. The Bertz CT molecular complexity index is 1850. The molecule has 0 aliphatic carbocycles. The van der Waals surface area contributed by atoms with Gasteiger partial charge in [0.05, 0.1) is 51.3 Å². The fourth-order valence-corrected chi connectivity index (χ4v) is 5.42. The zero-order chi connectivity index (χ0) is 31.2. The van der Waals surface area contributed by atoms with Gasteiger partial charge in [-0.15, -0.1) is 0 Å². The molecule has 0 aliphatic rings. The highest BCUT2D eigenvalue weighted by Crippen LogP contribution is 2.32. The number of anilines is 1. The summed E-state index contributed by atoms with van der Waals surface area (Å²) < 4.78 is 21.7. The summed E-state index contributed by atoms with van der Waals surface area (Å²) in [4.78, 5) is 32.1. The number of rotatable bonds is 12. The van der Waals surface area contributed by atoms with Crippen molar-refractivity contribution in [3.05, 3.63) is 99.7 Å². The SMILES string of the molecule is COc1ccc(CN(C)CCc2ccc(NC(=O)Cc3cccc4c(=O)c5c(OC)ccc(OC)c5[nH]c34)cc2)cc1OC. The lowest BCUT2D eigenvalue weighted by Crippen LogP contribution is -2.20. The number of hydrogen-bond donors (Lipinski definition) is 2. The monoisotopic (exact) mass is 595 g/mol. The molecule has 228 valence electrons. The second-order valence-electron chi connectivity index (χ2n) is 10.6. The van der Waals surface area contributed by atoms with Crippen molar-refractivity contribution in [2.24, 2.45) is 0 Å². The van der Waals surface area contributed by atoms with Crippen LogP contribution in [0.2, 0.25) is 0 Å². The van der Waals surface area contributed by atoms with Crippen LogP contribution in [0.4, 0.5) is 5.69 Å². The van der Waals surface area contributed by atoms with Crippen LogP contribution in [0.3, 0.4) is 0 Å². The first kappa shape index (κ1) is 30.4. The summed E-state index contributed by atoms with van der Waals surface area (Å²) in [5.74, 6) is 2.23. The number of H-pyrrole nitrogens is 1. The number of fused-ring (bicyclic) bond motifs is 2. The molecule has 9 nitrogen and oxygen atoms in total. The minimum absolute atomic E-state index is 0.0910. The molecule has 1 aromatic heterocycles. The van der Waals surface area contributed by atoms with Crippen LogP contribution in [0.1, 0.15) is 16.7 Å². The van der Waals surface area contributed by atoms with Crippen LogP contribution in [-0.2, 0) is 24.2 Å². The average Bonchev–Trinajstić information content (AvgIpc) is 3.04. The highest BCUT2D eigenvalue weighted by Gasteiger charge is 2.17. The van der Waals surface area contributed by atoms with E-state index in [1.165, 1.54) is 12.7 Å². The van der Waals surface area contributed by atoms with Crippen molar-refractivity contribution in [3.63, 3.8) is 0 Å². The molecular formula is C35H37N3O6. The topological polar surface area (TPSA) is 102 Å². The van der Waals surface area contributed by atoms with Crippen molar-refractivity contribution in [2.45, 2.75) is 19.4 Å². The van der Waals surface area contributed by atoms with E-state index >= 15 is 0 Å². The highest BCUT2D eigenvalue weighted by molar-refractivity contribution is 6.01. The number of amides is 1. The molecule has 0 unspecified atom stereocenters. The van der Waals surface area contributed by atoms with E-state index in [-0.39, 0.29) is 17.8 Å². The van der Waals surface area contributed by atoms with Gasteiger partial charge in [-0.1, -0.05) is 30.3 Å². The van der Waals surface area contributed by atoms with E-state index < -0.39 is 0 Å². The van der Waals surface area contributed by atoms with E-state index in [9.17, 15) is 9.59 Å². The number of nitrogens with zero attached hydrogens (tertiary/aromatic N) is 1. The first-order chi connectivity index (χ1) is 21.3. The Morgan fingerprint density at radius 1 is 0.773 bits per heavy atom. The number of carbonyl (C=O) groups is 1. The van der Waals surface area contributed by atoms with Crippen molar-refractivity contribution < 1.29 is 23.7 Å². The van der Waals surface area contributed by atoms with Crippen molar-refractivity contribution in [1.82, 2.24) is 9.88 Å². The van der Waals surface area contributed by atoms with E-state index in [4.69, 9.17) is 18.9 Å². The van der Waals surface area contributed by atoms with Gasteiger partial charge in [-0.3, -0.25) is 9.59 Å². The predicted octanol–water partition coefficient (Wildman–Crippen LogP) is 5.57. The Balaban J connectivity index is 1.23. The molecule has 0 aliphatic heterocycles. The Kier molecular flexibility index (Phi) is 9.35. The van der Waals surface area contributed by atoms with E-state index in [1.54, 1.807) is 45.6 Å². The van der Waals surface area contributed by atoms with E-state index in [0.717, 1.165) is 30.8 Å². The Morgan fingerprint density at radius 2 is 1.43 bits per heavy atom. The van der Waals surface area contributed by atoms with Gasteiger partial charge in [0.1, 0.15) is 11.5 Å². The first-order valence-corrected chi connectivity index (χ1v) is 14.3. The minimum Gasteiger partial charge on any atom is -0.496 e. The highest BCUT2D eigenvalue weighted by atomic mass is 16.5. The molecule has 9 heteroatoms. The third-order valence-corrected chi connectivity index (χ3v) is 7.71. The van der Waals surface area contributed by atoms with Crippen LogP contribution in [0.25, 0.3) is 21.8 Å². The summed E-state index contributed by atoms with van der Waals surface area (Å²) in [5, 5.41) is 3.88. The Labute approximate surface area is 256 Å². The second kappa shape index (κ2) is 13.5. The zero-order valence-corrected chi connectivity index (χ0v) is 25.7. The van der Waals surface area contributed by atoms with Gasteiger partial charge in [0.2, 0.25) is 11.3 Å². The summed E-state index contributed by atoms with van der Waals surface area (Å²) in [7, 11) is 8.43. The second-order valence-corrected chi connectivity index (χ2v) is 10.6. The summed E-state index contributed by atoms with van der Waals surface area (Å²) in [6, 6.07) is 22.7. The summed E-state index contributed by atoms with van der Waals surface area (Å²) in [6.45, 7) is 1.65. The van der Waals surface area contributed by atoms with E-state index in [0.29, 0.717) is 50.3 Å². The maximum absolute atomic E-state index is 13.5. The molecule has 1 amide bonds. The van der Waals surface area contributed by atoms with Gasteiger partial charge in [0.15, 0.2) is 11.5 Å². The summed E-state index contributed by atoms with van der Waals surface area (Å²) in [5.41, 5.74) is 4.68. The quantitative estimate of drug-likeness (QED) is 0.182. The van der Waals surface area contributed by atoms with Gasteiger partial charge < -0.3 is 34.1 Å². The van der Waals surface area contributed by atoms with Crippen LogP contribution in [0.5, 0.6) is 23.0 Å². The molecule has 5 aromatic rings. The number of likely N-dealkylation sites (N-methyl/N-ethyl adjacent to an activating group) is 1. The van der Waals surface area contributed by atoms with Crippen LogP contribution in [0.15, 0.2) is 77.6 Å². The Hall–Kier alpha value is -5.02. The van der Waals surface area contributed by atoms with Gasteiger partial charge in [-0.25, -0.2) is 0 Å². The molecule has 44 heavy (non-hydrogen) atoms. The molecule has 0 atom stereocenters. The van der Waals surface area contributed by atoms with Gasteiger partial charge in [-0.2, -0.15) is 0 Å². The molecule has 0 spiro atoms. The molecule has 0 fully saturated rings. The molecule has 0 bridgehead atoms. The molecule has 0 saturated heterocycles. The van der Waals surface area contributed by atoms with Crippen LogP contribution in [-0.4, -0.2) is 57.8 Å². The predicted molar refractivity (Wildman–Crippen MR) is 174 cm³/mol. The average molecular weight is 596 g/mol. The van der Waals surface area contributed by atoms with Crippen LogP contribution in [0, 0.1) is 0 Å². The third-order valence-electron chi connectivity index (χ3n) is 7.71. The standard InChI is InChI=1S/C35H37N3O6/c1-38(21-23-11-14-27(41-2)30(19-23)44-5)18-17-22-9-12-25(13-10-22)36-31(39)20-24-7-6-8-26-33(24)37-34-29(43-4)16-15-28(42-3)32(34)35(26)40/h6-16,19H,17-18,20-21H2,1-5H3,(H,36,39)(H,37,40). The fraction of sp³-hybridized carbons (Fsp3) is 0.257. The normalized spacial score (nSPS) is 11.1. The number of aromatic amines is 1. The molecule has 1 heterocycles. The number of carbonyl (C=O) groups excluding carboxylic acids is 1. The fourth-order valence-electron chi connectivity index (χ4n) is 5.42. The van der Waals surface area contributed by atoms with Gasteiger partial charge in [0.25, 0.3) is 0 Å². The van der Waals surface area contributed by atoms with Crippen molar-refractivity contribution >= 4 is 33.4 Å². The van der Waals surface area contributed by atoms with Crippen molar-refractivity contribution in [3.8, 4) is 23.0 Å². The smallest absolute Gasteiger partial charge is 0.228 e. The van der Waals surface area contributed by atoms with E-state index in [1.807, 2.05) is 48.5 Å². The lowest BCUT2D eigenvalue weighted by Gasteiger charge is -2.18. The number of benzene rings is 4. The van der Waals surface area contributed by atoms with E-state index in [2.05, 4.69) is 22.2 Å². The van der Waals surface area contributed by atoms with Crippen LogP contribution < -0.4 is 29.7 Å². The maximum atomic E-state index is 13.5. The lowest BCUT2D eigenvalue weighted by atomic mass is 10.0. The number of ether oxygens (including phenoxy) is 4. The third kappa shape index (κ3) is 6.48. The maximum Gasteiger partial charge on any atom is 0.228 e. The Morgan fingerprint density at radius 3 is 2.14 bits per heavy atom. The number of nitrogens with one attached hydrogen (secondary N) is 2. The van der Waals surface area contributed by atoms with Crippen LogP contribution >= 0.6 is 0 Å². The molecule has 2 N–H and O–H groups in total. The van der Waals surface area contributed by atoms with Gasteiger partial charge >= 0.3 is 0 Å². The molecule has 4 aromatic carbocycles. The largest absolute Gasteiger partial charge is 0.496 e. The van der Waals surface area contributed by atoms with Gasteiger partial charge in [0, 0.05) is 24.2 Å². The molecular weight excluding hydrogens is 558 g/mol. The molecule has 0 radical (unpaired) electrons. The van der Waals surface area contributed by atoms with Crippen molar-refractivity contribution in [1.29, 1.82) is 0 Å². The summed E-state index contributed by atoms with van der Waals surface area (Å²) in [6.07, 6.45) is 0.956. The number of hydrogen-bond acceptors (Lipinski definition) is 7. The minimum atomic E-state index is -0.184. The lowest BCUT2D eigenvalue weighted by molar-refractivity contribution is -0.115. The number of para-hydroxylation sites is 1. The number of aromatic nitrogens is 1. The zero-order valence-electron chi connectivity index (χ0n) is 25.7.